The normalized spacial score (nSPS) is 11.3. The monoisotopic (exact) mass is 388 g/mol. The molecule has 0 N–H and O–H groups in total. The van der Waals surface area contributed by atoms with Crippen LogP contribution in [0, 0.1) is 0 Å². The fraction of sp³-hybridized carbons (Fsp3) is 0.0385. The van der Waals surface area contributed by atoms with Crippen LogP contribution in [0.2, 0.25) is 0 Å². The van der Waals surface area contributed by atoms with Gasteiger partial charge in [0.1, 0.15) is 11.9 Å². The predicted octanol–water partition coefficient (Wildman–Crippen LogP) is 5.18. The van der Waals surface area contributed by atoms with Gasteiger partial charge in [0, 0.05) is 0 Å². The molecule has 30 heavy (non-hydrogen) atoms. The van der Waals surface area contributed by atoms with Crippen LogP contribution < -0.4 is 0 Å². The molecule has 0 unspecified atom stereocenters. The third kappa shape index (κ3) is 2.99. The van der Waals surface area contributed by atoms with Crippen molar-refractivity contribution in [2.45, 2.75) is 5.54 Å². The van der Waals surface area contributed by atoms with Crippen LogP contribution in [0.1, 0.15) is 16.7 Å². The van der Waals surface area contributed by atoms with Crippen LogP contribution in [0.5, 0.6) is 0 Å². The number of aromatic nitrogens is 4. The van der Waals surface area contributed by atoms with Crippen molar-refractivity contribution >= 4 is 0 Å². The first-order chi connectivity index (χ1) is 14.9. The van der Waals surface area contributed by atoms with Crippen molar-refractivity contribution in [1.29, 1.82) is 0 Å². The highest BCUT2D eigenvalue weighted by Crippen LogP contribution is 2.41. The van der Waals surface area contributed by atoms with Gasteiger partial charge in [0.15, 0.2) is 0 Å². The van der Waals surface area contributed by atoms with E-state index in [-0.39, 0.29) is 0 Å². The molecule has 4 heteroatoms. The van der Waals surface area contributed by atoms with E-state index < -0.39 is 5.54 Å². The van der Waals surface area contributed by atoms with Gasteiger partial charge in [0.2, 0.25) is 0 Å². The highest BCUT2D eigenvalue weighted by Gasteiger charge is 2.39. The Bertz CT molecular complexity index is 1180. The van der Waals surface area contributed by atoms with Crippen molar-refractivity contribution in [3.63, 3.8) is 0 Å². The van der Waals surface area contributed by atoms with Crippen molar-refractivity contribution in [3.05, 3.63) is 138 Å². The molecule has 0 saturated heterocycles. The Kier molecular flexibility index (Phi) is 4.66. The second-order valence-corrected chi connectivity index (χ2v) is 7.14. The molecule has 1 aromatic heterocycles. The Morgan fingerprint density at radius 1 is 0.533 bits per heavy atom. The zero-order valence-electron chi connectivity index (χ0n) is 16.3. The van der Waals surface area contributed by atoms with Gasteiger partial charge >= 0.3 is 0 Å². The second-order valence-electron chi connectivity index (χ2n) is 7.14. The first kappa shape index (κ1) is 18.0. The molecular formula is C26H20N4. The van der Waals surface area contributed by atoms with Crippen molar-refractivity contribution in [3.8, 4) is 11.1 Å². The summed E-state index contributed by atoms with van der Waals surface area (Å²) in [5.41, 5.74) is 4.90. The lowest BCUT2D eigenvalue weighted by Crippen LogP contribution is -2.38. The number of benzene rings is 4. The van der Waals surface area contributed by atoms with E-state index in [1.54, 1.807) is 6.33 Å². The Balaban J connectivity index is 1.84. The number of hydrogen-bond donors (Lipinski definition) is 0. The van der Waals surface area contributed by atoms with Gasteiger partial charge in [-0.25, -0.2) is 4.68 Å². The van der Waals surface area contributed by atoms with E-state index in [0.717, 1.165) is 22.3 Å². The first-order valence-electron chi connectivity index (χ1n) is 9.89. The van der Waals surface area contributed by atoms with Crippen molar-refractivity contribution in [2.24, 2.45) is 0 Å². The van der Waals surface area contributed by atoms with E-state index >= 15 is 0 Å². The van der Waals surface area contributed by atoms with Gasteiger partial charge in [0.05, 0.1) is 0 Å². The average Bonchev–Trinajstić information content (AvgIpc) is 3.37. The van der Waals surface area contributed by atoms with Gasteiger partial charge in [-0.1, -0.05) is 109 Å². The predicted molar refractivity (Wildman–Crippen MR) is 118 cm³/mol. The first-order valence-corrected chi connectivity index (χ1v) is 9.89. The van der Waals surface area contributed by atoms with Crippen LogP contribution in [0.4, 0.5) is 0 Å². The van der Waals surface area contributed by atoms with Gasteiger partial charge < -0.3 is 0 Å². The van der Waals surface area contributed by atoms with Crippen LogP contribution in [-0.4, -0.2) is 20.2 Å². The highest BCUT2D eigenvalue weighted by molar-refractivity contribution is 5.66. The fourth-order valence-electron chi connectivity index (χ4n) is 4.12. The average molecular weight is 388 g/mol. The lowest BCUT2D eigenvalue weighted by molar-refractivity contribution is 0.446. The molecule has 144 valence electrons. The smallest absolute Gasteiger partial charge is 0.141 e. The number of tetrazole rings is 1. The van der Waals surface area contributed by atoms with E-state index in [1.165, 1.54) is 5.56 Å². The Hall–Kier alpha value is -4.05. The van der Waals surface area contributed by atoms with E-state index in [0.29, 0.717) is 0 Å². The van der Waals surface area contributed by atoms with Gasteiger partial charge in [-0.2, -0.15) is 0 Å². The van der Waals surface area contributed by atoms with Crippen LogP contribution in [-0.2, 0) is 5.54 Å². The van der Waals surface area contributed by atoms with E-state index in [9.17, 15) is 0 Å². The molecule has 0 atom stereocenters. The largest absolute Gasteiger partial charge is 0.213 e. The molecular weight excluding hydrogens is 368 g/mol. The molecule has 4 nitrogen and oxygen atoms in total. The molecule has 0 saturated carbocycles. The minimum Gasteiger partial charge on any atom is -0.213 e. The van der Waals surface area contributed by atoms with E-state index in [4.69, 9.17) is 0 Å². The minimum absolute atomic E-state index is 0.698. The van der Waals surface area contributed by atoms with Gasteiger partial charge in [0.25, 0.3) is 0 Å². The standard InChI is InChI=1S/C26H20N4/c1-4-11-21(12-5-1)22-13-10-18-25(19-22)26(30-20-27-28-29-30,23-14-6-2-7-15-23)24-16-8-3-9-17-24/h1-20H. The lowest BCUT2D eigenvalue weighted by atomic mass is 9.76. The van der Waals surface area contributed by atoms with Crippen LogP contribution in [0.3, 0.4) is 0 Å². The molecule has 5 rings (SSSR count). The SMILES string of the molecule is c1ccc(-c2cccc(C(c3ccccc3)(c3ccccc3)n3cnnn3)c2)cc1. The Morgan fingerprint density at radius 3 is 1.63 bits per heavy atom. The van der Waals surface area contributed by atoms with Crippen molar-refractivity contribution in [1.82, 2.24) is 20.2 Å². The fourth-order valence-corrected chi connectivity index (χ4v) is 4.12. The van der Waals surface area contributed by atoms with Crippen molar-refractivity contribution < 1.29 is 0 Å². The quantitative estimate of drug-likeness (QED) is 0.390. The summed E-state index contributed by atoms with van der Waals surface area (Å²) in [6.45, 7) is 0. The van der Waals surface area contributed by atoms with Crippen LogP contribution in [0.25, 0.3) is 11.1 Å². The van der Waals surface area contributed by atoms with Crippen LogP contribution in [0.15, 0.2) is 122 Å². The maximum absolute atomic E-state index is 4.38. The molecule has 0 radical (unpaired) electrons. The molecule has 0 bridgehead atoms. The number of rotatable bonds is 5. The maximum atomic E-state index is 4.38. The lowest BCUT2D eigenvalue weighted by Gasteiger charge is -2.35. The summed E-state index contributed by atoms with van der Waals surface area (Å²) in [4.78, 5) is 0. The Morgan fingerprint density at radius 2 is 1.07 bits per heavy atom. The third-order valence-electron chi connectivity index (χ3n) is 5.46. The third-order valence-corrected chi connectivity index (χ3v) is 5.46. The number of nitrogens with zero attached hydrogens (tertiary/aromatic N) is 4. The zero-order chi connectivity index (χ0) is 20.2. The van der Waals surface area contributed by atoms with E-state index in [1.807, 2.05) is 22.9 Å². The molecule has 1 heterocycles. The van der Waals surface area contributed by atoms with Gasteiger partial charge in [-0.05, 0) is 44.3 Å². The molecule has 0 aliphatic rings. The molecule has 0 aliphatic heterocycles. The molecule has 5 aromatic rings. The van der Waals surface area contributed by atoms with Crippen LogP contribution >= 0.6 is 0 Å². The topological polar surface area (TPSA) is 43.6 Å². The summed E-state index contributed by atoms with van der Waals surface area (Å²) in [7, 11) is 0. The summed E-state index contributed by atoms with van der Waals surface area (Å²) in [6, 6.07) is 39.8. The molecule has 0 spiro atoms. The van der Waals surface area contributed by atoms with Gasteiger partial charge in [-0.3, -0.25) is 0 Å². The summed E-state index contributed by atoms with van der Waals surface area (Å²) in [6.07, 6.45) is 1.69. The summed E-state index contributed by atoms with van der Waals surface area (Å²) in [5.74, 6) is 0. The van der Waals surface area contributed by atoms with Gasteiger partial charge in [-0.15, -0.1) is 5.10 Å². The zero-order valence-corrected chi connectivity index (χ0v) is 16.3. The van der Waals surface area contributed by atoms with Crippen molar-refractivity contribution in [2.75, 3.05) is 0 Å². The van der Waals surface area contributed by atoms with E-state index in [2.05, 4.69) is 113 Å². The molecule has 0 fully saturated rings. The molecule has 4 aromatic carbocycles. The highest BCUT2D eigenvalue weighted by atomic mass is 15.5. The second kappa shape index (κ2) is 7.76. The maximum Gasteiger partial charge on any atom is 0.141 e. The summed E-state index contributed by atoms with van der Waals surface area (Å²) >= 11 is 0. The minimum atomic E-state index is -0.698. The summed E-state index contributed by atoms with van der Waals surface area (Å²) < 4.78 is 1.85. The molecule has 0 aliphatic carbocycles. The number of hydrogen-bond acceptors (Lipinski definition) is 3. The molecule has 0 amide bonds. The Labute approximate surface area is 175 Å². The summed E-state index contributed by atoms with van der Waals surface area (Å²) in [5, 5.41) is 12.3.